The highest BCUT2D eigenvalue weighted by atomic mass is 127. The second kappa shape index (κ2) is 6.50. The fraction of sp³-hybridized carbons (Fsp3) is 0.250. The van der Waals surface area contributed by atoms with Crippen molar-refractivity contribution >= 4 is 33.5 Å². The Balaban J connectivity index is 1.87. The summed E-state index contributed by atoms with van der Waals surface area (Å²) >= 11 is 2.35. The highest BCUT2D eigenvalue weighted by Crippen LogP contribution is 2.42. The van der Waals surface area contributed by atoms with Crippen molar-refractivity contribution in [2.24, 2.45) is 5.92 Å². The number of fused-ring (bicyclic) bond motifs is 1. The molecule has 2 heterocycles. The summed E-state index contributed by atoms with van der Waals surface area (Å²) in [6.07, 6.45) is 2.14. The van der Waals surface area contributed by atoms with Crippen LogP contribution in [0.3, 0.4) is 0 Å². The Morgan fingerprint density at radius 2 is 1.85 bits per heavy atom. The minimum Gasteiger partial charge on any atom is -0.361 e. The number of tetrazole rings is 1. The van der Waals surface area contributed by atoms with E-state index in [4.69, 9.17) is 0 Å². The van der Waals surface area contributed by atoms with Gasteiger partial charge in [0.05, 0.1) is 0 Å². The molecule has 0 aliphatic heterocycles. The maximum absolute atomic E-state index is 4.00. The van der Waals surface area contributed by atoms with Gasteiger partial charge < -0.3 is 4.98 Å². The van der Waals surface area contributed by atoms with Gasteiger partial charge in [0.25, 0.3) is 0 Å². The number of hydrogen-bond acceptors (Lipinski definition) is 3. The van der Waals surface area contributed by atoms with Gasteiger partial charge in [0.15, 0.2) is 5.82 Å². The zero-order valence-electron chi connectivity index (χ0n) is 14.9. The lowest BCUT2D eigenvalue weighted by Crippen LogP contribution is -2.29. The van der Waals surface area contributed by atoms with Gasteiger partial charge in [0, 0.05) is 31.6 Å². The Morgan fingerprint density at radius 3 is 2.50 bits per heavy atom. The van der Waals surface area contributed by atoms with Crippen LogP contribution in [0.2, 0.25) is 0 Å². The van der Waals surface area contributed by atoms with Crippen LogP contribution in [0.1, 0.15) is 31.9 Å². The first-order valence-electron chi connectivity index (χ1n) is 8.62. The highest BCUT2D eigenvalue weighted by molar-refractivity contribution is 14.1. The SMILES string of the molecule is CC(C)C(C)(c1ccc(I)cc1)c1c[nH]c2cc(-c3nnn[nH]3)ccc12. The summed E-state index contributed by atoms with van der Waals surface area (Å²) in [5.74, 6) is 1.12. The molecular formula is C20H20IN5. The largest absolute Gasteiger partial charge is 0.361 e. The third-order valence-electron chi connectivity index (χ3n) is 5.46. The fourth-order valence-electron chi connectivity index (χ4n) is 3.58. The van der Waals surface area contributed by atoms with E-state index in [2.05, 4.69) is 118 Å². The highest BCUT2D eigenvalue weighted by Gasteiger charge is 2.34. The molecule has 2 N–H and O–H groups in total. The van der Waals surface area contributed by atoms with Crippen molar-refractivity contribution in [3.05, 3.63) is 63.4 Å². The average Bonchev–Trinajstić information content (AvgIpc) is 3.31. The summed E-state index contributed by atoms with van der Waals surface area (Å²) in [4.78, 5) is 3.45. The molecule has 0 fully saturated rings. The number of nitrogens with zero attached hydrogens (tertiary/aromatic N) is 3. The van der Waals surface area contributed by atoms with Gasteiger partial charge in [-0.25, -0.2) is 5.10 Å². The Hall–Kier alpha value is -2.22. The molecule has 0 aliphatic rings. The third-order valence-corrected chi connectivity index (χ3v) is 6.18. The number of hydrogen-bond donors (Lipinski definition) is 2. The first kappa shape index (κ1) is 17.2. The number of aromatic nitrogens is 5. The van der Waals surface area contributed by atoms with Crippen LogP contribution in [0, 0.1) is 9.49 Å². The lowest BCUT2D eigenvalue weighted by Gasteiger charge is -2.34. The molecule has 5 nitrogen and oxygen atoms in total. The van der Waals surface area contributed by atoms with E-state index < -0.39 is 0 Å². The Morgan fingerprint density at radius 1 is 1.08 bits per heavy atom. The molecule has 0 aliphatic carbocycles. The first-order chi connectivity index (χ1) is 12.5. The van der Waals surface area contributed by atoms with Crippen molar-refractivity contribution in [3.8, 4) is 11.4 Å². The second-order valence-corrected chi connectivity index (χ2v) is 8.32. The molecular weight excluding hydrogens is 437 g/mol. The van der Waals surface area contributed by atoms with Crippen LogP contribution in [-0.4, -0.2) is 25.6 Å². The van der Waals surface area contributed by atoms with Crippen LogP contribution in [0.25, 0.3) is 22.3 Å². The summed E-state index contributed by atoms with van der Waals surface area (Å²) < 4.78 is 1.25. The van der Waals surface area contributed by atoms with E-state index in [-0.39, 0.29) is 5.41 Å². The van der Waals surface area contributed by atoms with E-state index in [9.17, 15) is 0 Å². The Labute approximate surface area is 165 Å². The molecule has 0 spiro atoms. The zero-order valence-corrected chi connectivity index (χ0v) is 17.1. The summed E-state index contributed by atoms with van der Waals surface area (Å²) in [7, 11) is 0. The number of halogens is 1. The normalized spacial score (nSPS) is 14.0. The standard InChI is InChI=1S/C20H20IN5/c1-12(2)20(3,14-5-7-15(21)8-6-14)17-11-22-18-10-13(4-9-16(17)18)19-23-25-26-24-19/h4-12,22H,1-3H3,(H,23,24,25,26). The zero-order chi connectivity index (χ0) is 18.3. The monoisotopic (exact) mass is 457 g/mol. The van der Waals surface area contributed by atoms with Gasteiger partial charge in [-0.05, 0) is 68.3 Å². The molecule has 4 aromatic rings. The van der Waals surface area contributed by atoms with Crippen LogP contribution >= 0.6 is 22.6 Å². The van der Waals surface area contributed by atoms with E-state index in [1.165, 1.54) is 20.1 Å². The molecule has 0 amide bonds. The number of aromatic amines is 2. The van der Waals surface area contributed by atoms with E-state index in [1.807, 2.05) is 0 Å². The van der Waals surface area contributed by atoms with Gasteiger partial charge in [-0.15, -0.1) is 5.10 Å². The van der Waals surface area contributed by atoms with Crippen LogP contribution in [0.4, 0.5) is 0 Å². The summed E-state index contributed by atoms with van der Waals surface area (Å²) in [6.45, 7) is 6.90. The smallest absolute Gasteiger partial charge is 0.179 e. The molecule has 2 aromatic carbocycles. The summed E-state index contributed by atoms with van der Waals surface area (Å²) in [5.41, 5.74) is 4.61. The fourth-order valence-corrected chi connectivity index (χ4v) is 3.94. The van der Waals surface area contributed by atoms with Crippen molar-refractivity contribution in [2.45, 2.75) is 26.2 Å². The molecule has 1 atom stereocenters. The van der Waals surface area contributed by atoms with Crippen LogP contribution in [0.5, 0.6) is 0 Å². The Kier molecular flexibility index (Phi) is 4.30. The van der Waals surface area contributed by atoms with E-state index in [1.54, 1.807) is 0 Å². The maximum Gasteiger partial charge on any atom is 0.179 e. The van der Waals surface area contributed by atoms with Crippen LogP contribution in [-0.2, 0) is 5.41 Å². The molecule has 1 unspecified atom stereocenters. The number of H-pyrrole nitrogens is 2. The van der Waals surface area contributed by atoms with E-state index in [0.717, 1.165) is 11.1 Å². The first-order valence-corrected chi connectivity index (χ1v) is 9.70. The summed E-state index contributed by atoms with van der Waals surface area (Å²) in [5, 5.41) is 15.4. The lowest BCUT2D eigenvalue weighted by molar-refractivity contribution is 0.408. The maximum atomic E-state index is 4.00. The van der Waals surface area contributed by atoms with Gasteiger partial charge in [-0.1, -0.05) is 45.0 Å². The molecule has 132 valence electrons. The number of benzene rings is 2. The third kappa shape index (κ3) is 2.72. The molecule has 0 saturated carbocycles. The van der Waals surface area contributed by atoms with Gasteiger partial charge in [0.1, 0.15) is 0 Å². The van der Waals surface area contributed by atoms with Crippen LogP contribution in [0.15, 0.2) is 48.7 Å². The minimum atomic E-state index is -0.0854. The topological polar surface area (TPSA) is 70.2 Å². The molecule has 6 heteroatoms. The van der Waals surface area contributed by atoms with Crippen molar-refractivity contribution in [2.75, 3.05) is 0 Å². The average molecular weight is 457 g/mol. The number of nitrogens with one attached hydrogen (secondary N) is 2. The molecule has 0 bridgehead atoms. The van der Waals surface area contributed by atoms with Crippen molar-refractivity contribution in [1.82, 2.24) is 25.6 Å². The van der Waals surface area contributed by atoms with Gasteiger partial charge in [0.2, 0.25) is 0 Å². The van der Waals surface area contributed by atoms with E-state index in [0.29, 0.717) is 11.7 Å². The molecule has 0 saturated heterocycles. The predicted octanol–water partition coefficient (Wildman–Crippen LogP) is 4.91. The van der Waals surface area contributed by atoms with Crippen molar-refractivity contribution < 1.29 is 0 Å². The van der Waals surface area contributed by atoms with Gasteiger partial charge in [-0.2, -0.15) is 0 Å². The van der Waals surface area contributed by atoms with Crippen molar-refractivity contribution in [1.29, 1.82) is 0 Å². The molecule has 0 radical (unpaired) electrons. The molecule has 4 rings (SSSR count). The summed E-state index contributed by atoms with van der Waals surface area (Å²) in [6, 6.07) is 15.2. The molecule has 2 aromatic heterocycles. The van der Waals surface area contributed by atoms with Crippen molar-refractivity contribution in [3.63, 3.8) is 0 Å². The van der Waals surface area contributed by atoms with Crippen LogP contribution < -0.4 is 0 Å². The Bertz CT molecular complexity index is 1030. The molecule has 26 heavy (non-hydrogen) atoms. The second-order valence-electron chi connectivity index (χ2n) is 7.08. The van der Waals surface area contributed by atoms with Gasteiger partial charge in [-0.3, -0.25) is 0 Å². The lowest BCUT2D eigenvalue weighted by atomic mass is 9.68. The van der Waals surface area contributed by atoms with Gasteiger partial charge >= 0.3 is 0 Å². The predicted molar refractivity (Wildman–Crippen MR) is 112 cm³/mol. The minimum absolute atomic E-state index is 0.0854. The van der Waals surface area contributed by atoms with E-state index >= 15 is 0 Å². The quantitative estimate of drug-likeness (QED) is 0.428. The number of rotatable bonds is 4.